The molecule has 3 nitrogen and oxygen atoms in total. The van der Waals surface area contributed by atoms with Crippen molar-refractivity contribution >= 4 is 5.69 Å². The summed E-state index contributed by atoms with van der Waals surface area (Å²) < 4.78 is 5.25. The van der Waals surface area contributed by atoms with Crippen LogP contribution in [0.5, 0.6) is 5.75 Å². The van der Waals surface area contributed by atoms with E-state index >= 15 is 0 Å². The van der Waals surface area contributed by atoms with Gasteiger partial charge >= 0.3 is 0 Å². The molecule has 23 heavy (non-hydrogen) atoms. The first-order chi connectivity index (χ1) is 11.2. The summed E-state index contributed by atoms with van der Waals surface area (Å²) in [4.78, 5) is 2.56. The summed E-state index contributed by atoms with van der Waals surface area (Å²) in [6.07, 6.45) is 2.72. The summed E-state index contributed by atoms with van der Waals surface area (Å²) in [5, 5.41) is 0. The second kappa shape index (κ2) is 7.05. The van der Waals surface area contributed by atoms with E-state index in [1.807, 2.05) is 24.3 Å². The lowest BCUT2D eigenvalue weighted by atomic mass is 10.1. The number of ether oxygens (including phenoxy) is 1. The molecule has 1 aliphatic rings. The molecule has 1 unspecified atom stereocenters. The van der Waals surface area contributed by atoms with Gasteiger partial charge in [-0.25, -0.2) is 0 Å². The topological polar surface area (TPSA) is 38.5 Å². The average molecular weight is 310 g/mol. The molecule has 0 bridgehead atoms. The molecule has 3 heteroatoms. The summed E-state index contributed by atoms with van der Waals surface area (Å²) in [7, 11) is 1.70. The van der Waals surface area contributed by atoms with Gasteiger partial charge in [0.15, 0.2) is 0 Å². The number of nitrogens with two attached hydrogens (primary N) is 1. The van der Waals surface area contributed by atoms with Gasteiger partial charge in [-0.1, -0.05) is 24.3 Å². The molecule has 1 aliphatic carbocycles. The van der Waals surface area contributed by atoms with Crippen molar-refractivity contribution < 1.29 is 4.74 Å². The van der Waals surface area contributed by atoms with E-state index in [1.54, 1.807) is 7.11 Å². The second-order valence-corrected chi connectivity index (χ2v) is 6.58. The molecular weight excluding hydrogens is 284 g/mol. The number of rotatable bonds is 7. The Morgan fingerprint density at radius 3 is 2.39 bits per heavy atom. The summed E-state index contributed by atoms with van der Waals surface area (Å²) >= 11 is 0. The Morgan fingerprint density at radius 2 is 1.78 bits per heavy atom. The van der Waals surface area contributed by atoms with Gasteiger partial charge in [-0.2, -0.15) is 0 Å². The number of hydrogen-bond donors (Lipinski definition) is 1. The molecule has 2 aromatic rings. The molecule has 0 aromatic heterocycles. The molecule has 1 fully saturated rings. The highest BCUT2D eigenvalue weighted by Crippen LogP contribution is 2.36. The third kappa shape index (κ3) is 4.26. The predicted octanol–water partition coefficient (Wildman–Crippen LogP) is 4.08. The average Bonchev–Trinajstić information content (AvgIpc) is 3.39. The van der Waals surface area contributed by atoms with Crippen molar-refractivity contribution in [2.45, 2.75) is 38.9 Å². The van der Waals surface area contributed by atoms with E-state index in [2.05, 4.69) is 36.1 Å². The minimum atomic E-state index is 0.596. The second-order valence-electron chi connectivity index (χ2n) is 6.58. The molecular formula is C20H26N2O. The molecule has 0 saturated heterocycles. The van der Waals surface area contributed by atoms with Crippen molar-refractivity contribution in [3.8, 4) is 5.75 Å². The van der Waals surface area contributed by atoms with Gasteiger partial charge in [0.1, 0.15) is 5.75 Å². The quantitative estimate of drug-likeness (QED) is 0.783. The number of benzene rings is 2. The van der Waals surface area contributed by atoms with Crippen LogP contribution in [0.4, 0.5) is 5.69 Å². The highest BCUT2D eigenvalue weighted by atomic mass is 16.5. The van der Waals surface area contributed by atoms with E-state index in [9.17, 15) is 0 Å². The van der Waals surface area contributed by atoms with Gasteiger partial charge in [0, 0.05) is 24.8 Å². The van der Waals surface area contributed by atoms with E-state index in [0.717, 1.165) is 30.4 Å². The number of nitrogen functional groups attached to an aromatic ring is 1. The van der Waals surface area contributed by atoms with Crippen LogP contribution in [0, 0.1) is 5.92 Å². The first-order valence-corrected chi connectivity index (χ1v) is 8.37. The van der Waals surface area contributed by atoms with Crippen LogP contribution in [0.2, 0.25) is 0 Å². The fourth-order valence-electron chi connectivity index (χ4n) is 3.11. The molecule has 0 heterocycles. The minimum absolute atomic E-state index is 0.596. The smallest absolute Gasteiger partial charge is 0.118 e. The van der Waals surface area contributed by atoms with E-state index in [-0.39, 0.29) is 0 Å². The maximum Gasteiger partial charge on any atom is 0.118 e. The van der Waals surface area contributed by atoms with Gasteiger partial charge in [0.25, 0.3) is 0 Å². The highest BCUT2D eigenvalue weighted by Gasteiger charge is 2.32. The summed E-state index contributed by atoms with van der Waals surface area (Å²) in [6.45, 7) is 4.25. The molecule has 122 valence electrons. The van der Waals surface area contributed by atoms with Crippen LogP contribution in [0.25, 0.3) is 0 Å². The Bertz CT molecular complexity index is 634. The van der Waals surface area contributed by atoms with Crippen molar-refractivity contribution in [1.29, 1.82) is 0 Å². The van der Waals surface area contributed by atoms with Crippen LogP contribution < -0.4 is 10.5 Å². The largest absolute Gasteiger partial charge is 0.497 e. The fourth-order valence-corrected chi connectivity index (χ4v) is 3.11. The Labute approximate surface area is 139 Å². The standard InChI is InChI=1S/C20H26N2O/c1-15(18-8-9-18)22(14-17-4-3-5-19(21)12-17)13-16-6-10-20(23-2)11-7-16/h3-7,10-12,15,18H,8-9,13-14,21H2,1-2H3. The zero-order chi connectivity index (χ0) is 16.2. The van der Waals surface area contributed by atoms with Crippen molar-refractivity contribution in [2.24, 2.45) is 5.92 Å². The highest BCUT2D eigenvalue weighted by molar-refractivity contribution is 5.40. The maximum atomic E-state index is 5.93. The first-order valence-electron chi connectivity index (χ1n) is 8.37. The van der Waals surface area contributed by atoms with Gasteiger partial charge in [0.2, 0.25) is 0 Å². The Hall–Kier alpha value is -2.00. The molecule has 2 aromatic carbocycles. The number of hydrogen-bond acceptors (Lipinski definition) is 3. The predicted molar refractivity (Wildman–Crippen MR) is 95.3 cm³/mol. The Morgan fingerprint density at radius 1 is 1.09 bits per heavy atom. The van der Waals surface area contributed by atoms with Crippen LogP contribution in [0.3, 0.4) is 0 Å². The van der Waals surface area contributed by atoms with Gasteiger partial charge in [-0.3, -0.25) is 4.90 Å². The number of nitrogens with zero attached hydrogens (tertiary/aromatic N) is 1. The van der Waals surface area contributed by atoms with E-state index in [0.29, 0.717) is 6.04 Å². The van der Waals surface area contributed by atoms with Crippen molar-refractivity contribution in [3.05, 3.63) is 59.7 Å². The van der Waals surface area contributed by atoms with Gasteiger partial charge in [-0.15, -0.1) is 0 Å². The molecule has 2 N–H and O–H groups in total. The maximum absolute atomic E-state index is 5.93. The zero-order valence-electron chi connectivity index (χ0n) is 14.0. The number of anilines is 1. The summed E-state index contributed by atoms with van der Waals surface area (Å²) in [5.74, 6) is 1.75. The third-order valence-corrected chi connectivity index (χ3v) is 4.76. The van der Waals surface area contributed by atoms with E-state index in [1.165, 1.54) is 24.0 Å². The molecule has 0 radical (unpaired) electrons. The van der Waals surface area contributed by atoms with Crippen LogP contribution >= 0.6 is 0 Å². The van der Waals surface area contributed by atoms with Crippen LogP contribution in [-0.4, -0.2) is 18.1 Å². The van der Waals surface area contributed by atoms with Crippen LogP contribution in [0.1, 0.15) is 30.9 Å². The Kier molecular flexibility index (Phi) is 4.87. The molecule has 0 amide bonds. The van der Waals surface area contributed by atoms with E-state index < -0.39 is 0 Å². The molecule has 0 aliphatic heterocycles. The van der Waals surface area contributed by atoms with Crippen LogP contribution in [-0.2, 0) is 13.1 Å². The monoisotopic (exact) mass is 310 g/mol. The lowest BCUT2D eigenvalue weighted by molar-refractivity contribution is 0.172. The lowest BCUT2D eigenvalue weighted by Crippen LogP contribution is -2.33. The summed E-state index contributed by atoms with van der Waals surface area (Å²) in [5.41, 5.74) is 9.38. The van der Waals surface area contributed by atoms with E-state index in [4.69, 9.17) is 10.5 Å². The van der Waals surface area contributed by atoms with Gasteiger partial charge in [-0.05, 0) is 61.1 Å². The Balaban J connectivity index is 1.74. The third-order valence-electron chi connectivity index (χ3n) is 4.76. The van der Waals surface area contributed by atoms with Crippen molar-refractivity contribution in [1.82, 2.24) is 4.90 Å². The SMILES string of the molecule is COc1ccc(CN(Cc2cccc(N)c2)C(C)C2CC2)cc1. The fraction of sp³-hybridized carbons (Fsp3) is 0.400. The zero-order valence-corrected chi connectivity index (χ0v) is 14.0. The van der Waals surface area contributed by atoms with Gasteiger partial charge < -0.3 is 10.5 Å². The van der Waals surface area contributed by atoms with Crippen molar-refractivity contribution in [3.63, 3.8) is 0 Å². The lowest BCUT2D eigenvalue weighted by Gasteiger charge is -2.29. The molecule has 3 rings (SSSR count). The minimum Gasteiger partial charge on any atom is -0.497 e. The molecule has 1 atom stereocenters. The van der Waals surface area contributed by atoms with Crippen molar-refractivity contribution in [2.75, 3.05) is 12.8 Å². The molecule has 0 spiro atoms. The normalized spacial score (nSPS) is 15.6. The first kappa shape index (κ1) is 15.9. The van der Waals surface area contributed by atoms with Crippen LogP contribution in [0.15, 0.2) is 48.5 Å². The number of methoxy groups -OCH3 is 1. The van der Waals surface area contributed by atoms with Gasteiger partial charge in [0.05, 0.1) is 7.11 Å². The summed E-state index contributed by atoms with van der Waals surface area (Å²) in [6, 6.07) is 17.2. The molecule has 1 saturated carbocycles.